The number of hydrogen-bond donors (Lipinski definition) is 1. The second-order valence-corrected chi connectivity index (χ2v) is 10.3. The summed E-state index contributed by atoms with van der Waals surface area (Å²) in [4.78, 5) is 22.1. The maximum absolute atomic E-state index is 11.2. The van der Waals surface area contributed by atoms with Crippen molar-refractivity contribution in [2.24, 2.45) is 0 Å². The first kappa shape index (κ1) is 31.2. The Balaban J connectivity index is 0.000000375. The van der Waals surface area contributed by atoms with Crippen LogP contribution in [0.3, 0.4) is 0 Å². The van der Waals surface area contributed by atoms with Crippen LogP contribution in [0.1, 0.15) is 63.8 Å². The van der Waals surface area contributed by atoms with Crippen LogP contribution in [0.2, 0.25) is 0 Å². The molecule has 2 aromatic rings. The van der Waals surface area contributed by atoms with E-state index in [-0.39, 0.29) is 22.5 Å². The number of benzene rings is 2. The minimum absolute atomic E-state index is 0.0118. The van der Waals surface area contributed by atoms with E-state index in [1.54, 1.807) is 24.3 Å². The number of carbonyl (C=O) groups is 2. The predicted octanol–water partition coefficient (Wildman–Crippen LogP) is 6.61. The molecule has 0 heterocycles. The van der Waals surface area contributed by atoms with E-state index in [4.69, 9.17) is 4.74 Å². The van der Waals surface area contributed by atoms with Crippen LogP contribution in [0.5, 0.6) is 11.5 Å². The number of rotatable bonds is 7. The van der Waals surface area contributed by atoms with Crippen molar-refractivity contribution in [1.29, 1.82) is 0 Å². The normalized spacial score (nSPS) is 11.6. The van der Waals surface area contributed by atoms with Gasteiger partial charge in [0, 0.05) is 23.3 Å². The van der Waals surface area contributed by atoms with Gasteiger partial charge in [-0.1, -0.05) is 78.5 Å². The highest BCUT2D eigenvalue weighted by Crippen LogP contribution is 2.30. The molecule has 2 aromatic carbocycles. The fraction of sp³-hybridized carbons (Fsp3) is 0.355. The summed E-state index contributed by atoms with van der Waals surface area (Å²) in [6.45, 7) is 16.7. The van der Waals surface area contributed by atoms with Crippen LogP contribution < -0.4 is 4.74 Å². The zero-order chi connectivity index (χ0) is 28.2. The largest absolute Gasteiger partial charge is 0.507 e. The fourth-order valence-corrected chi connectivity index (χ4v) is 3.02. The molecule has 0 radical (unpaired) electrons. The van der Waals surface area contributed by atoms with E-state index < -0.39 is 5.97 Å². The highest BCUT2D eigenvalue weighted by molar-refractivity contribution is 5.88. The molecule has 0 bridgehead atoms. The first-order chi connectivity index (χ1) is 17.2. The molecule has 1 N–H and O–H groups in total. The summed E-state index contributed by atoms with van der Waals surface area (Å²) in [6.07, 6.45) is 7.58. The summed E-state index contributed by atoms with van der Waals surface area (Å²) in [7, 11) is 2.67. The Bertz CT molecular complexity index is 1130. The van der Waals surface area contributed by atoms with Crippen LogP contribution >= 0.6 is 0 Å². The van der Waals surface area contributed by atoms with Crippen molar-refractivity contribution in [2.45, 2.75) is 52.4 Å². The van der Waals surface area contributed by atoms with Crippen molar-refractivity contribution in [1.82, 2.24) is 0 Å². The molecule has 2 rings (SSSR count). The molecule has 37 heavy (non-hydrogen) atoms. The maximum Gasteiger partial charge on any atom is 0.330 e. The molecule has 0 aliphatic rings. The second kappa shape index (κ2) is 14.1. The number of hydrogen-bond acceptors (Lipinski definition) is 6. The lowest BCUT2D eigenvalue weighted by molar-refractivity contribution is -0.135. The van der Waals surface area contributed by atoms with Gasteiger partial charge in [-0.05, 0) is 46.2 Å². The van der Waals surface area contributed by atoms with Gasteiger partial charge in [0.2, 0.25) is 0 Å². The van der Waals surface area contributed by atoms with Gasteiger partial charge in [0.25, 0.3) is 0 Å². The molecule has 0 saturated heterocycles. The first-order valence-corrected chi connectivity index (χ1v) is 12.0. The van der Waals surface area contributed by atoms with Gasteiger partial charge < -0.3 is 19.3 Å². The molecule has 0 fully saturated rings. The molecule has 0 saturated carbocycles. The van der Waals surface area contributed by atoms with Gasteiger partial charge in [0.15, 0.2) is 0 Å². The Hall–Kier alpha value is -3.80. The second-order valence-electron chi connectivity index (χ2n) is 10.3. The maximum atomic E-state index is 11.2. The predicted molar refractivity (Wildman–Crippen MR) is 150 cm³/mol. The molecular weight excluding hydrogens is 468 g/mol. The van der Waals surface area contributed by atoms with Crippen molar-refractivity contribution in [3.8, 4) is 11.5 Å². The minimum atomic E-state index is -0.440. The molecule has 0 amide bonds. The molecule has 0 unspecified atom stereocenters. The number of methoxy groups -OCH3 is 2. The number of ether oxygens (including phenoxy) is 3. The van der Waals surface area contributed by atoms with E-state index in [0.717, 1.165) is 16.9 Å². The summed E-state index contributed by atoms with van der Waals surface area (Å²) in [5, 5.41) is 9.84. The summed E-state index contributed by atoms with van der Waals surface area (Å²) in [5.41, 5.74) is 3.68. The Morgan fingerprint density at radius 1 is 0.811 bits per heavy atom. The van der Waals surface area contributed by atoms with Crippen molar-refractivity contribution >= 4 is 24.1 Å². The number of aromatic hydroxyl groups is 1. The van der Waals surface area contributed by atoms with E-state index in [2.05, 4.69) is 57.6 Å². The number of phenolic OH excluding ortho intramolecular Hbond substituents is 1. The molecule has 0 atom stereocenters. The average molecular weight is 509 g/mol. The lowest BCUT2D eigenvalue weighted by atomic mass is 9.86. The van der Waals surface area contributed by atoms with Gasteiger partial charge in [0.05, 0.1) is 14.2 Å². The van der Waals surface area contributed by atoms with Crippen LogP contribution in [0.4, 0.5) is 0 Å². The summed E-state index contributed by atoms with van der Waals surface area (Å²) in [6, 6.07) is 11.4. The van der Waals surface area contributed by atoms with Crippen molar-refractivity contribution in [2.75, 3.05) is 20.8 Å². The quantitative estimate of drug-likeness (QED) is 0.257. The summed E-state index contributed by atoms with van der Waals surface area (Å²) in [5.74, 6) is 0.0684. The molecule has 0 aliphatic carbocycles. The Labute approximate surface area is 221 Å². The molecular formula is C31H40O6. The molecule has 0 aliphatic heterocycles. The first-order valence-electron chi connectivity index (χ1n) is 12.0. The minimum Gasteiger partial charge on any atom is -0.507 e. The number of esters is 2. The van der Waals surface area contributed by atoms with Gasteiger partial charge in [-0.25, -0.2) is 9.59 Å². The smallest absolute Gasteiger partial charge is 0.330 e. The molecule has 0 aromatic heterocycles. The van der Waals surface area contributed by atoms with Gasteiger partial charge >= 0.3 is 11.9 Å². The van der Waals surface area contributed by atoms with E-state index in [0.29, 0.717) is 12.2 Å². The third-order valence-electron chi connectivity index (χ3n) is 5.33. The zero-order valence-electron chi connectivity index (χ0n) is 23.3. The van der Waals surface area contributed by atoms with Crippen molar-refractivity contribution < 1.29 is 28.9 Å². The number of phenols is 1. The molecule has 0 spiro atoms. The summed E-state index contributed by atoms with van der Waals surface area (Å²) >= 11 is 0. The van der Waals surface area contributed by atoms with Gasteiger partial charge in [0.1, 0.15) is 18.1 Å². The van der Waals surface area contributed by atoms with E-state index >= 15 is 0 Å². The van der Waals surface area contributed by atoms with Crippen LogP contribution in [-0.4, -0.2) is 37.9 Å². The van der Waals surface area contributed by atoms with Gasteiger partial charge in [-0.3, -0.25) is 0 Å². The van der Waals surface area contributed by atoms with Crippen LogP contribution in [0.15, 0.2) is 61.2 Å². The molecule has 200 valence electrons. The fourth-order valence-electron chi connectivity index (χ4n) is 3.02. The highest BCUT2D eigenvalue weighted by atomic mass is 16.5. The Kier molecular flexibility index (Phi) is 11.9. The van der Waals surface area contributed by atoms with Crippen LogP contribution in [0.25, 0.3) is 12.2 Å². The van der Waals surface area contributed by atoms with Crippen LogP contribution in [0, 0.1) is 0 Å². The third-order valence-corrected chi connectivity index (χ3v) is 5.33. The lowest BCUT2D eigenvalue weighted by Crippen LogP contribution is -2.11. The lowest BCUT2D eigenvalue weighted by Gasteiger charge is -2.20. The summed E-state index contributed by atoms with van der Waals surface area (Å²) < 4.78 is 14.7. The van der Waals surface area contributed by atoms with Crippen molar-refractivity contribution in [3.05, 3.63) is 83.5 Å². The Morgan fingerprint density at radius 3 is 1.70 bits per heavy atom. The average Bonchev–Trinajstić information content (AvgIpc) is 2.84. The van der Waals surface area contributed by atoms with E-state index in [9.17, 15) is 14.7 Å². The molecule has 6 heteroatoms. The SMILES string of the molecule is C=CCOc1cc(C(C)(C)C)ccc1/C=C/C(=O)OC.COC(=O)/C=C/c1ccc(C(C)(C)C)cc1O. The van der Waals surface area contributed by atoms with Crippen LogP contribution in [-0.2, 0) is 29.9 Å². The number of carbonyl (C=O) groups excluding carboxylic acids is 2. The zero-order valence-corrected chi connectivity index (χ0v) is 23.3. The topological polar surface area (TPSA) is 82.1 Å². The Morgan fingerprint density at radius 2 is 1.27 bits per heavy atom. The monoisotopic (exact) mass is 508 g/mol. The third kappa shape index (κ3) is 10.8. The molecule has 6 nitrogen and oxygen atoms in total. The van der Waals surface area contributed by atoms with Crippen molar-refractivity contribution in [3.63, 3.8) is 0 Å². The van der Waals surface area contributed by atoms with Gasteiger partial charge in [-0.15, -0.1) is 0 Å². The van der Waals surface area contributed by atoms with Gasteiger partial charge in [-0.2, -0.15) is 0 Å². The van der Waals surface area contributed by atoms with E-state index in [1.807, 2.05) is 24.3 Å². The standard InChI is InChI=1S/C17H22O3.C14H18O3/c1-6-11-20-15-12-14(17(2,3)4)9-7-13(15)8-10-16(18)19-5;1-14(2,3)11-7-5-10(12(15)9-11)6-8-13(16)17-4/h6-10,12H,1,11H2,2-5H3;5-9,15H,1-4H3/b10-8+;8-6+. The van der Waals surface area contributed by atoms with E-state index in [1.165, 1.54) is 38.0 Å². The highest BCUT2D eigenvalue weighted by Gasteiger charge is 2.16.